The predicted octanol–water partition coefficient (Wildman–Crippen LogP) is 28.6. The number of pyridine rings is 8. The van der Waals surface area contributed by atoms with Crippen molar-refractivity contribution in [2.75, 3.05) is 0 Å². The van der Waals surface area contributed by atoms with E-state index >= 15 is 0 Å². The van der Waals surface area contributed by atoms with Crippen molar-refractivity contribution in [1.29, 1.82) is 0 Å². The maximum Gasteiger partial charge on any atom is 0 e. The van der Waals surface area contributed by atoms with Crippen LogP contribution in [0.3, 0.4) is 0 Å². The van der Waals surface area contributed by atoms with Crippen LogP contribution < -0.4 is 17.6 Å². The van der Waals surface area contributed by atoms with E-state index in [1.54, 1.807) is 4.40 Å². The monoisotopic (exact) mass is 2750 g/mol. The van der Waals surface area contributed by atoms with Crippen LogP contribution in [-0.4, -0.2) is 92.9 Å². The average Bonchev–Trinajstić information content (AvgIpc) is 0.456. The second-order valence-electron chi connectivity index (χ2n) is 37.1. The van der Waals surface area contributed by atoms with E-state index in [1.807, 2.05) is 265 Å². The molecule has 0 N–H and O–H groups in total. The zero-order valence-corrected chi connectivity index (χ0v) is 100.0. The number of nitrogens with zero attached hydrogens (tertiary/aromatic N) is 8. The first-order valence-electron chi connectivity index (χ1n) is 45.5. The quantitative estimate of drug-likeness (QED) is 0.0696. The summed E-state index contributed by atoms with van der Waals surface area (Å²) in [6, 6.07) is 144. The van der Waals surface area contributed by atoms with Crippen molar-refractivity contribution in [3.63, 3.8) is 0 Å². The van der Waals surface area contributed by atoms with Gasteiger partial charge in [0.2, 0.25) is 0 Å². The molecule has 0 bridgehead atoms. The molecule has 18 aromatic rings. The average molecular weight is 2750 g/mol. The minimum atomic E-state index is -1.86. The van der Waals surface area contributed by atoms with Crippen molar-refractivity contribution >= 4 is 70.6 Å². The number of aryl methyl sites for hydroxylation is 5. The van der Waals surface area contributed by atoms with E-state index in [-0.39, 0.29) is 80.4 Å². The van der Waals surface area contributed by atoms with Crippen molar-refractivity contribution in [2.24, 2.45) is 5.92 Å². The Morgan fingerprint density at radius 2 is 0.555 bits per heavy atom. The SMILES string of the molecule is CC(C)Cc1cc(-c2[c-]cccc2)nc[c]1[Ge]([CH3])([CH3])[CH3].Cc1cc(-c2[c-]cccc2)nc[c]1[Ge]([CH3])([CH3])[CH3].Cc1cccc(-c2[c-]cccc2)n1.Cc1cccc(-c2[c-]cccc2)n1.Cc1cccc(-c2[c-]cccc2)n1.Cc1cccc(-c2[c-]cccc2)n1.[CH3][Ge]([CH3])([CH3])[c]1ccnc(-c2[c-]cc(-c3ccccc3)cc2)c1.[CH3][Ge]([CH3])([CH3])[c]1ccnc(-c2[c-]ccc(-c3ccccc3)c2)c1.[Ir].[Ir].[Ir].[Ir]. The fourth-order valence-corrected chi connectivity index (χ4v) is 26.1. The molecular weight excluding hydrogens is 2620 g/mol. The Bertz CT molecular complexity index is 6270. The third kappa shape index (κ3) is 37.4. The summed E-state index contributed by atoms with van der Waals surface area (Å²) in [5.74, 6) is 29.6. The van der Waals surface area contributed by atoms with Crippen LogP contribution in [0.15, 0.2) is 377 Å². The van der Waals surface area contributed by atoms with Gasteiger partial charge in [-0.3, -0.25) is 0 Å². The van der Waals surface area contributed by atoms with Gasteiger partial charge in [0, 0.05) is 103 Å². The van der Waals surface area contributed by atoms with Crippen molar-refractivity contribution in [2.45, 2.75) is 124 Å². The molecule has 0 fully saturated rings. The van der Waals surface area contributed by atoms with Gasteiger partial charge in [0.15, 0.2) is 0 Å². The number of benzene rings is 10. The summed E-state index contributed by atoms with van der Waals surface area (Å²) in [5.41, 5.74) is 28.4. The van der Waals surface area contributed by atoms with E-state index in [0.29, 0.717) is 5.92 Å². The van der Waals surface area contributed by atoms with E-state index < -0.39 is 53.1 Å². The first-order chi connectivity index (χ1) is 63.9. The summed E-state index contributed by atoms with van der Waals surface area (Å²) in [7, 11) is 0. The molecule has 0 saturated carbocycles. The Morgan fingerprint density at radius 3 is 0.869 bits per heavy atom. The first kappa shape index (κ1) is 114. The fourth-order valence-electron chi connectivity index (χ4n) is 14.4. The van der Waals surface area contributed by atoms with Gasteiger partial charge in [0.25, 0.3) is 0 Å². The number of rotatable bonds is 16. The van der Waals surface area contributed by atoms with Crippen LogP contribution in [0, 0.1) is 89.1 Å². The molecule has 8 nitrogen and oxygen atoms in total. The molecule has 0 amide bonds. The molecule has 18 rings (SSSR count). The van der Waals surface area contributed by atoms with Crippen LogP contribution in [0.25, 0.3) is 112 Å². The fraction of sp³-hybridized carbons (Fsp3) is 0.174. The smallest absolute Gasteiger partial charge is 0 e. The molecule has 137 heavy (non-hydrogen) atoms. The second-order valence-corrected chi connectivity index (χ2v) is 79.5. The summed E-state index contributed by atoms with van der Waals surface area (Å²) < 4.78 is 5.98. The molecule has 0 spiro atoms. The van der Waals surface area contributed by atoms with Crippen molar-refractivity contribution in [3.8, 4) is 112 Å². The molecule has 8 heterocycles. The van der Waals surface area contributed by atoms with Crippen molar-refractivity contribution < 1.29 is 80.4 Å². The van der Waals surface area contributed by atoms with E-state index in [0.717, 1.165) is 119 Å². The van der Waals surface area contributed by atoms with Gasteiger partial charge in [-0.2, -0.15) is 0 Å². The van der Waals surface area contributed by atoms with Gasteiger partial charge in [0.05, 0.1) is 0 Å². The maximum atomic E-state index is 4.70. The van der Waals surface area contributed by atoms with Crippen LogP contribution in [0.5, 0.6) is 0 Å². The summed E-state index contributed by atoms with van der Waals surface area (Å²) >= 11 is -7.29. The van der Waals surface area contributed by atoms with Gasteiger partial charge in [-0.15, -0.1) is 144 Å². The van der Waals surface area contributed by atoms with Crippen molar-refractivity contribution in [3.05, 3.63) is 459 Å². The van der Waals surface area contributed by atoms with Crippen LogP contribution in [0.1, 0.15) is 47.8 Å². The largest absolute Gasteiger partial charge is 0 e. The minimum absolute atomic E-state index is 0. The molecule has 0 aliphatic carbocycles. The van der Waals surface area contributed by atoms with Gasteiger partial charge in [-0.05, 0) is 74.7 Å². The van der Waals surface area contributed by atoms with Crippen LogP contribution in [-0.2, 0) is 86.8 Å². The van der Waals surface area contributed by atoms with Crippen molar-refractivity contribution in [1.82, 2.24) is 39.9 Å². The third-order valence-corrected chi connectivity index (χ3v) is 38.8. The molecule has 0 aliphatic rings. The minimum Gasteiger partial charge on any atom is 0 e. The maximum absolute atomic E-state index is 4.70. The predicted molar refractivity (Wildman–Crippen MR) is 573 cm³/mol. The Balaban J connectivity index is 0.000000214. The van der Waals surface area contributed by atoms with Crippen LogP contribution in [0.2, 0.25) is 69.1 Å². The molecule has 0 unspecified atom stereocenters. The molecule has 706 valence electrons. The standard InChI is InChI=1S/2C20H20GeN.C18H24GeN.C15H18GeN.4C12H10N.4Ir/c1-21(2,3)19-12-13-22-20(15-19)18-11-7-10-17(14-18)16-8-5-4-6-9-16;1-21(2,3)19-13-14-22-20(15-19)18-11-9-17(10-12-18)16-7-5-4-6-8-16;1-14(2)11-16-12-18(15-9-7-6-8-10-15)20-13-17(16)19(3,4)5;1-12-10-15(13-8-6-5-7-9-13)17-11-14(12)16(2,3)4;4*1-10-6-5-9-12(13-10)11-7-3-2-4-8-11;;;;/h4-10,12-15H,1-3H3;4-11,13-15H,1-3H3;6-9,12-14H,11H2,1-5H3;5-8,10-11H,1-4H3;4*2-7,9H,1H3;;;;/q8*-1;;;;. The molecule has 0 aliphatic heterocycles. The summed E-state index contributed by atoms with van der Waals surface area (Å²) in [6.45, 7) is 14.7. The number of aromatic nitrogens is 8. The van der Waals surface area contributed by atoms with Gasteiger partial charge in [-0.25, -0.2) is 0 Å². The normalized spacial score (nSPS) is 10.6. The van der Waals surface area contributed by atoms with E-state index in [1.165, 1.54) is 46.6 Å². The van der Waals surface area contributed by atoms with E-state index in [9.17, 15) is 0 Å². The summed E-state index contributed by atoms with van der Waals surface area (Å²) in [4.78, 5) is 36.0. The zero-order chi connectivity index (χ0) is 94.8. The van der Waals surface area contributed by atoms with Gasteiger partial charge in [0.1, 0.15) is 0 Å². The topological polar surface area (TPSA) is 103 Å². The molecular formula is C121H122Ge4Ir4N8-8. The molecule has 10 aromatic carbocycles. The summed E-state index contributed by atoms with van der Waals surface area (Å²) in [6.07, 6.45) is 9.21. The van der Waals surface area contributed by atoms with Gasteiger partial charge >= 0.3 is 502 Å². The Hall–Kier alpha value is -9.83. The zero-order valence-electron chi connectivity index (χ0n) is 82.0. The Kier molecular flexibility index (Phi) is 47.5. The van der Waals surface area contributed by atoms with Gasteiger partial charge < -0.3 is 19.9 Å². The molecule has 16 heteroatoms. The molecule has 0 atom stereocenters. The van der Waals surface area contributed by atoms with Crippen LogP contribution >= 0.6 is 0 Å². The second kappa shape index (κ2) is 57.0. The Morgan fingerprint density at radius 1 is 0.241 bits per heavy atom. The first-order valence-corrected chi connectivity index (χ1v) is 74.9. The number of hydrogen-bond donors (Lipinski definition) is 0. The molecule has 4 radical (unpaired) electrons. The van der Waals surface area contributed by atoms with Crippen LogP contribution in [0.4, 0.5) is 0 Å². The molecule has 8 aromatic heterocycles. The van der Waals surface area contributed by atoms with E-state index in [2.05, 4.69) is 313 Å². The molecule has 0 saturated heterocycles. The summed E-state index contributed by atoms with van der Waals surface area (Å²) in [5, 5.41) is 0. The third-order valence-electron chi connectivity index (χ3n) is 21.4. The number of hydrogen-bond acceptors (Lipinski definition) is 8. The van der Waals surface area contributed by atoms with Gasteiger partial charge in [-0.1, -0.05) is 48.5 Å². The van der Waals surface area contributed by atoms with E-state index in [4.69, 9.17) is 4.98 Å². The Labute approximate surface area is 882 Å².